The van der Waals surface area contributed by atoms with Gasteiger partial charge in [-0.05, 0) is 61.3 Å². The molecule has 4 atom stereocenters. The maximum Gasteiger partial charge on any atom is 0.110 e. The zero-order chi connectivity index (χ0) is 16.9. The van der Waals surface area contributed by atoms with E-state index >= 15 is 0 Å². The Morgan fingerprint density at radius 3 is 2.48 bits per heavy atom. The Morgan fingerprint density at radius 1 is 1.09 bits per heavy atom. The molecule has 0 amide bonds. The Labute approximate surface area is 141 Å². The molecule has 0 radical (unpaired) electrons. The third-order valence-electron chi connectivity index (χ3n) is 7.48. The monoisotopic (exact) mass is 322 g/mol. The summed E-state index contributed by atoms with van der Waals surface area (Å²) in [4.78, 5) is 0. The molecule has 3 fully saturated rings. The summed E-state index contributed by atoms with van der Waals surface area (Å²) in [5.74, 6) is 2.27. The van der Waals surface area contributed by atoms with Gasteiger partial charge in [0.25, 0.3) is 0 Å². The lowest BCUT2D eigenvalue weighted by Gasteiger charge is -2.59. The summed E-state index contributed by atoms with van der Waals surface area (Å²) in [5.41, 5.74) is 1.56. The second-order valence-corrected chi connectivity index (χ2v) is 9.27. The van der Waals surface area contributed by atoms with E-state index < -0.39 is 0 Å². The molecule has 1 saturated heterocycles. The van der Waals surface area contributed by atoms with Crippen molar-refractivity contribution in [2.24, 2.45) is 22.7 Å². The molecule has 2 N–H and O–H groups in total. The van der Waals surface area contributed by atoms with Crippen molar-refractivity contribution in [2.75, 3.05) is 13.2 Å². The van der Waals surface area contributed by atoms with Crippen molar-refractivity contribution < 1.29 is 14.9 Å². The summed E-state index contributed by atoms with van der Waals surface area (Å²) >= 11 is 0. The average Bonchev–Trinajstić information content (AvgIpc) is 2.82. The van der Waals surface area contributed by atoms with Crippen LogP contribution in [0.25, 0.3) is 0 Å². The maximum atomic E-state index is 9.67. The number of aliphatic hydroxyl groups is 2. The second kappa shape index (κ2) is 5.77. The quantitative estimate of drug-likeness (QED) is 0.824. The lowest BCUT2D eigenvalue weighted by Crippen LogP contribution is -2.55. The second-order valence-electron chi connectivity index (χ2n) is 9.27. The fourth-order valence-corrected chi connectivity index (χ4v) is 6.34. The van der Waals surface area contributed by atoms with Crippen molar-refractivity contribution in [2.45, 2.75) is 78.2 Å². The highest BCUT2D eigenvalue weighted by Gasteiger charge is 2.61. The van der Waals surface area contributed by atoms with Gasteiger partial charge in [-0.15, -0.1) is 0 Å². The molecule has 0 aromatic carbocycles. The van der Waals surface area contributed by atoms with Crippen LogP contribution in [-0.4, -0.2) is 29.0 Å². The number of rotatable bonds is 3. The lowest BCUT2D eigenvalue weighted by atomic mass is 9.45. The van der Waals surface area contributed by atoms with Crippen molar-refractivity contribution in [3.05, 3.63) is 11.3 Å². The smallest absolute Gasteiger partial charge is 0.110 e. The number of ether oxygens (including phenoxy) is 1. The van der Waals surface area contributed by atoms with Crippen LogP contribution in [0.3, 0.4) is 0 Å². The van der Waals surface area contributed by atoms with Crippen LogP contribution >= 0.6 is 0 Å². The van der Waals surface area contributed by atoms with Gasteiger partial charge in [-0.3, -0.25) is 0 Å². The fourth-order valence-electron chi connectivity index (χ4n) is 6.34. The van der Waals surface area contributed by atoms with Crippen molar-refractivity contribution in [3.63, 3.8) is 0 Å². The van der Waals surface area contributed by atoms with E-state index in [-0.39, 0.29) is 18.8 Å². The first-order valence-corrected chi connectivity index (χ1v) is 9.38. The highest BCUT2D eigenvalue weighted by atomic mass is 16.5. The summed E-state index contributed by atoms with van der Waals surface area (Å²) < 4.78 is 6.45. The van der Waals surface area contributed by atoms with Crippen molar-refractivity contribution in [1.29, 1.82) is 0 Å². The molecule has 2 saturated carbocycles. The SMILES string of the molecule is CC1(C)CCC[C@]2(C)[C@@H]1CC[C@]1(C)O/C(=C(\CO)CCO)C[C@@H]21. The molecule has 23 heavy (non-hydrogen) atoms. The van der Waals surface area contributed by atoms with E-state index in [0.717, 1.165) is 30.1 Å². The molecule has 3 aliphatic rings. The van der Waals surface area contributed by atoms with Crippen molar-refractivity contribution >= 4 is 0 Å². The summed E-state index contributed by atoms with van der Waals surface area (Å²) in [6.07, 6.45) is 7.78. The molecule has 2 aliphatic carbocycles. The van der Waals surface area contributed by atoms with Crippen LogP contribution in [0.15, 0.2) is 11.3 Å². The number of fused-ring (bicyclic) bond motifs is 3. The van der Waals surface area contributed by atoms with Gasteiger partial charge in [0.1, 0.15) is 5.60 Å². The van der Waals surface area contributed by atoms with Crippen LogP contribution in [0.2, 0.25) is 0 Å². The zero-order valence-corrected chi connectivity index (χ0v) is 15.3. The summed E-state index contributed by atoms with van der Waals surface area (Å²) in [5, 5.41) is 18.9. The first-order chi connectivity index (χ1) is 10.8. The Bertz CT molecular complexity index is 495. The molecule has 0 unspecified atom stereocenters. The van der Waals surface area contributed by atoms with Gasteiger partial charge in [0.2, 0.25) is 0 Å². The Balaban J connectivity index is 1.95. The van der Waals surface area contributed by atoms with Crippen LogP contribution in [0.4, 0.5) is 0 Å². The van der Waals surface area contributed by atoms with E-state index in [2.05, 4.69) is 27.7 Å². The number of hydrogen-bond donors (Lipinski definition) is 2. The van der Waals surface area contributed by atoms with E-state index in [1.54, 1.807) is 0 Å². The first kappa shape index (κ1) is 17.3. The van der Waals surface area contributed by atoms with E-state index in [0.29, 0.717) is 23.2 Å². The van der Waals surface area contributed by atoms with Crippen LogP contribution in [0.1, 0.15) is 72.6 Å². The number of hydrogen-bond acceptors (Lipinski definition) is 3. The molecule has 1 aliphatic heterocycles. The number of aliphatic hydroxyl groups excluding tert-OH is 2. The van der Waals surface area contributed by atoms with Gasteiger partial charge < -0.3 is 14.9 Å². The molecule has 132 valence electrons. The molecule has 1 heterocycles. The van der Waals surface area contributed by atoms with Gasteiger partial charge in [0.05, 0.1) is 12.4 Å². The molecule has 0 aromatic heterocycles. The highest BCUT2D eigenvalue weighted by Crippen LogP contribution is 2.66. The average molecular weight is 322 g/mol. The molecule has 0 spiro atoms. The fraction of sp³-hybridized carbons (Fsp3) is 0.900. The summed E-state index contributed by atoms with van der Waals surface area (Å²) in [6, 6.07) is 0. The van der Waals surface area contributed by atoms with Gasteiger partial charge in [-0.25, -0.2) is 0 Å². The molecular formula is C20H34O3. The van der Waals surface area contributed by atoms with Crippen LogP contribution in [0.5, 0.6) is 0 Å². The predicted octanol–water partition coefficient (Wildman–Crippen LogP) is 4.04. The van der Waals surface area contributed by atoms with Gasteiger partial charge >= 0.3 is 0 Å². The zero-order valence-electron chi connectivity index (χ0n) is 15.3. The molecular weight excluding hydrogens is 288 g/mol. The van der Waals surface area contributed by atoms with E-state index in [9.17, 15) is 10.2 Å². The molecule has 3 heteroatoms. The topological polar surface area (TPSA) is 49.7 Å². The van der Waals surface area contributed by atoms with Crippen LogP contribution in [-0.2, 0) is 4.74 Å². The maximum absolute atomic E-state index is 9.67. The molecule has 0 aromatic rings. The Kier molecular flexibility index (Phi) is 4.34. The van der Waals surface area contributed by atoms with Gasteiger partial charge in [-0.2, -0.15) is 0 Å². The largest absolute Gasteiger partial charge is 0.492 e. The number of allylic oxidation sites excluding steroid dienone is 1. The lowest BCUT2D eigenvalue weighted by molar-refractivity contribution is -0.142. The van der Waals surface area contributed by atoms with Crippen LogP contribution in [0, 0.1) is 22.7 Å². The van der Waals surface area contributed by atoms with Gasteiger partial charge in [0.15, 0.2) is 0 Å². The highest BCUT2D eigenvalue weighted by molar-refractivity contribution is 5.21. The van der Waals surface area contributed by atoms with Crippen LogP contribution < -0.4 is 0 Å². The minimum absolute atomic E-state index is 0.00429. The Morgan fingerprint density at radius 2 is 1.83 bits per heavy atom. The standard InChI is InChI=1S/C20H34O3/c1-18(2)8-5-9-19(3)16(18)6-10-20(4)17(19)12-15(23-20)14(13-22)7-11-21/h16-17,21-22H,5-13H2,1-4H3/b15-14-/t16-,17+,19-,20+/m1/s1. The minimum Gasteiger partial charge on any atom is -0.492 e. The van der Waals surface area contributed by atoms with Crippen molar-refractivity contribution in [3.8, 4) is 0 Å². The van der Waals surface area contributed by atoms with E-state index in [4.69, 9.17) is 4.74 Å². The molecule has 3 nitrogen and oxygen atoms in total. The Hall–Kier alpha value is -0.540. The third kappa shape index (κ3) is 2.64. The predicted molar refractivity (Wildman–Crippen MR) is 91.9 cm³/mol. The van der Waals surface area contributed by atoms with Crippen molar-refractivity contribution in [1.82, 2.24) is 0 Å². The van der Waals surface area contributed by atoms with Gasteiger partial charge in [-0.1, -0.05) is 27.2 Å². The molecule has 0 bridgehead atoms. The first-order valence-electron chi connectivity index (χ1n) is 9.38. The van der Waals surface area contributed by atoms with E-state index in [1.807, 2.05) is 0 Å². The normalized spacial score (nSPS) is 44.3. The van der Waals surface area contributed by atoms with Gasteiger partial charge in [0, 0.05) is 18.9 Å². The summed E-state index contributed by atoms with van der Waals surface area (Å²) in [7, 11) is 0. The third-order valence-corrected chi connectivity index (χ3v) is 7.48. The summed E-state index contributed by atoms with van der Waals surface area (Å²) in [6.45, 7) is 9.77. The molecule has 3 rings (SSSR count). The van der Waals surface area contributed by atoms with E-state index in [1.165, 1.54) is 25.7 Å². The minimum atomic E-state index is -0.0934.